The SMILES string of the molecule is CN(Cc1ccccc1OC(F)(F)F)C(=O)c1cncc(F)c1. The van der Waals surface area contributed by atoms with Gasteiger partial charge in [0.25, 0.3) is 5.91 Å². The van der Waals surface area contributed by atoms with Crippen molar-refractivity contribution >= 4 is 5.91 Å². The second-order valence-electron chi connectivity index (χ2n) is 4.71. The van der Waals surface area contributed by atoms with Crippen LogP contribution in [0.3, 0.4) is 0 Å². The van der Waals surface area contributed by atoms with Crippen LogP contribution >= 0.6 is 0 Å². The topological polar surface area (TPSA) is 42.4 Å². The first-order valence-corrected chi connectivity index (χ1v) is 6.46. The number of halogens is 4. The Morgan fingerprint density at radius 3 is 2.61 bits per heavy atom. The van der Waals surface area contributed by atoms with Crippen molar-refractivity contribution in [2.75, 3.05) is 7.05 Å². The summed E-state index contributed by atoms with van der Waals surface area (Å²) in [6, 6.07) is 6.49. The van der Waals surface area contributed by atoms with Crippen LogP contribution in [0.25, 0.3) is 0 Å². The van der Waals surface area contributed by atoms with Gasteiger partial charge in [0.15, 0.2) is 0 Å². The molecular formula is C15H12F4N2O2. The summed E-state index contributed by atoms with van der Waals surface area (Å²) < 4.78 is 54.1. The van der Waals surface area contributed by atoms with Crippen LogP contribution < -0.4 is 4.74 Å². The second-order valence-corrected chi connectivity index (χ2v) is 4.71. The van der Waals surface area contributed by atoms with Crippen molar-refractivity contribution in [3.8, 4) is 5.75 Å². The van der Waals surface area contributed by atoms with E-state index in [2.05, 4.69) is 9.72 Å². The van der Waals surface area contributed by atoms with Gasteiger partial charge in [-0.15, -0.1) is 13.2 Å². The van der Waals surface area contributed by atoms with Gasteiger partial charge < -0.3 is 9.64 Å². The third-order valence-corrected chi connectivity index (χ3v) is 2.90. The Bertz CT molecular complexity index is 704. The first-order chi connectivity index (χ1) is 10.8. The second kappa shape index (κ2) is 6.64. The van der Waals surface area contributed by atoms with E-state index in [0.717, 1.165) is 23.2 Å². The van der Waals surface area contributed by atoms with Gasteiger partial charge in [0, 0.05) is 25.4 Å². The van der Waals surface area contributed by atoms with E-state index >= 15 is 0 Å². The molecule has 1 aromatic heterocycles. The normalized spacial score (nSPS) is 11.2. The minimum atomic E-state index is -4.83. The number of amides is 1. The van der Waals surface area contributed by atoms with Gasteiger partial charge in [-0.25, -0.2) is 4.39 Å². The number of hydrogen-bond donors (Lipinski definition) is 0. The monoisotopic (exact) mass is 328 g/mol. The van der Waals surface area contributed by atoms with E-state index < -0.39 is 23.8 Å². The molecule has 1 aromatic carbocycles. The van der Waals surface area contributed by atoms with E-state index in [-0.39, 0.29) is 17.7 Å². The highest BCUT2D eigenvalue weighted by Crippen LogP contribution is 2.27. The minimum absolute atomic E-state index is 0.00159. The molecule has 0 aliphatic heterocycles. The fourth-order valence-electron chi connectivity index (χ4n) is 1.94. The predicted molar refractivity (Wildman–Crippen MR) is 73.1 cm³/mol. The standard InChI is InChI=1S/C15H12F4N2O2/c1-21(14(22)11-6-12(16)8-20-7-11)9-10-4-2-3-5-13(10)23-15(17,18)19/h2-8H,9H2,1H3. The maximum absolute atomic E-state index is 13.1. The van der Waals surface area contributed by atoms with Gasteiger partial charge in [-0.3, -0.25) is 9.78 Å². The molecular weight excluding hydrogens is 316 g/mol. The molecule has 4 nitrogen and oxygen atoms in total. The molecule has 0 radical (unpaired) electrons. The van der Waals surface area contributed by atoms with Crippen LogP contribution in [-0.4, -0.2) is 29.2 Å². The Hall–Kier alpha value is -2.64. The van der Waals surface area contributed by atoms with Crippen LogP contribution in [0.15, 0.2) is 42.7 Å². The zero-order chi connectivity index (χ0) is 17.0. The highest BCUT2D eigenvalue weighted by molar-refractivity contribution is 5.93. The minimum Gasteiger partial charge on any atom is -0.405 e. The van der Waals surface area contributed by atoms with Gasteiger partial charge in [-0.1, -0.05) is 18.2 Å². The Morgan fingerprint density at radius 1 is 1.26 bits per heavy atom. The van der Waals surface area contributed by atoms with E-state index in [9.17, 15) is 22.4 Å². The van der Waals surface area contributed by atoms with Crippen molar-refractivity contribution < 1.29 is 27.1 Å². The maximum Gasteiger partial charge on any atom is 0.573 e. The van der Waals surface area contributed by atoms with Gasteiger partial charge in [0.1, 0.15) is 11.6 Å². The lowest BCUT2D eigenvalue weighted by Crippen LogP contribution is -2.27. The molecule has 23 heavy (non-hydrogen) atoms. The third kappa shape index (κ3) is 4.67. The third-order valence-electron chi connectivity index (χ3n) is 2.90. The lowest BCUT2D eigenvalue weighted by molar-refractivity contribution is -0.275. The molecule has 0 saturated heterocycles. The smallest absolute Gasteiger partial charge is 0.405 e. The summed E-state index contributed by atoms with van der Waals surface area (Å²) in [5.41, 5.74) is 0.173. The number of aromatic nitrogens is 1. The summed E-state index contributed by atoms with van der Waals surface area (Å²) in [5, 5.41) is 0. The van der Waals surface area contributed by atoms with E-state index in [0.29, 0.717) is 0 Å². The number of nitrogens with zero attached hydrogens (tertiary/aromatic N) is 2. The van der Waals surface area contributed by atoms with Gasteiger partial charge in [0.05, 0.1) is 11.8 Å². The van der Waals surface area contributed by atoms with Crippen molar-refractivity contribution in [1.82, 2.24) is 9.88 Å². The van der Waals surface area contributed by atoms with Crippen LogP contribution in [-0.2, 0) is 6.54 Å². The number of alkyl halides is 3. The molecule has 2 aromatic rings. The molecule has 0 N–H and O–H groups in total. The molecule has 0 aliphatic rings. The molecule has 0 spiro atoms. The number of para-hydroxylation sites is 1. The molecule has 0 bridgehead atoms. The summed E-state index contributed by atoms with van der Waals surface area (Å²) in [5.74, 6) is -1.64. The van der Waals surface area contributed by atoms with Gasteiger partial charge in [-0.2, -0.15) is 0 Å². The van der Waals surface area contributed by atoms with Crippen molar-refractivity contribution in [3.63, 3.8) is 0 Å². The average Bonchev–Trinajstić information content (AvgIpc) is 2.47. The van der Waals surface area contributed by atoms with Gasteiger partial charge >= 0.3 is 6.36 Å². The number of rotatable bonds is 4. The van der Waals surface area contributed by atoms with Crippen molar-refractivity contribution in [2.45, 2.75) is 12.9 Å². The lowest BCUT2D eigenvalue weighted by Gasteiger charge is -2.19. The number of benzene rings is 1. The van der Waals surface area contributed by atoms with Crippen LogP contribution in [0.4, 0.5) is 17.6 Å². The number of carbonyl (C=O) groups is 1. The summed E-state index contributed by atoms with van der Waals surface area (Å²) in [4.78, 5) is 16.9. The molecule has 1 heterocycles. The molecule has 8 heteroatoms. The van der Waals surface area contributed by atoms with Gasteiger partial charge in [-0.05, 0) is 12.1 Å². The predicted octanol–water partition coefficient (Wildman–Crippen LogP) is 3.39. The zero-order valence-corrected chi connectivity index (χ0v) is 12.0. The quantitative estimate of drug-likeness (QED) is 0.808. The van der Waals surface area contributed by atoms with Gasteiger partial charge in [0.2, 0.25) is 0 Å². The van der Waals surface area contributed by atoms with Crippen LogP contribution in [0, 0.1) is 5.82 Å². The zero-order valence-electron chi connectivity index (χ0n) is 12.0. The molecule has 122 valence electrons. The van der Waals surface area contributed by atoms with E-state index in [4.69, 9.17) is 0 Å². The van der Waals surface area contributed by atoms with Crippen LogP contribution in [0.1, 0.15) is 15.9 Å². The molecule has 1 amide bonds. The Kier molecular flexibility index (Phi) is 4.83. The summed E-state index contributed by atoms with van der Waals surface area (Å²) in [6.45, 7) is -0.137. The first kappa shape index (κ1) is 16.7. The van der Waals surface area contributed by atoms with Crippen molar-refractivity contribution in [2.24, 2.45) is 0 Å². The van der Waals surface area contributed by atoms with Crippen molar-refractivity contribution in [1.29, 1.82) is 0 Å². The van der Waals surface area contributed by atoms with E-state index in [1.165, 1.54) is 31.4 Å². The average molecular weight is 328 g/mol. The molecule has 0 saturated carbocycles. The summed E-state index contributed by atoms with van der Waals surface area (Å²) >= 11 is 0. The molecule has 0 aliphatic carbocycles. The van der Waals surface area contributed by atoms with Crippen LogP contribution in [0.5, 0.6) is 5.75 Å². The fourth-order valence-corrected chi connectivity index (χ4v) is 1.94. The molecule has 2 rings (SSSR count). The number of carbonyl (C=O) groups excluding carboxylic acids is 1. The number of pyridine rings is 1. The summed E-state index contributed by atoms with van der Waals surface area (Å²) in [7, 11) is 1.39. The van der Waals surface area contributed by atoms with E-state index in [1.807, 2.05) is 0 Å². The fraction of sp³-hybridized carbons (Fsp3) is 0.200. The molecule has 0 fully saturated rings. The maximum atomic E-state index is 13.1. The van der Waals surface area contributed by atoms with E-state index in [1.54, 1.807) is 0 Å². The Balaban J connectivity index is 2.17. The number of ether oxygens (including phenoxy) is 1. The Morgan fingerprint density at radius 2 is 1.96 bits per heavy atom. The molecule has 0 unspecified atom stereocenters. The first-order valence-electron chi connectivity index (χ1n) is 6.46. The molecule has 0 atom stereocenters. The lowest BCUT2D eigenvalue weighted by atomic mass is 10.1. The Labute approximate surface area is 129 Å². The summed E-state index contributed by atoms with van der Waals surface area (Å²) in [6.07, 6.45) is -2.70. The highest BCUT2D eigenvalue weighted by atomic mass is 19.4. The highest BCUT2D eigenvalue weighted by Gasteiger charge is 2.32. The van der Waals surface area contributed by atoms with Crippen molar-refractivity contribution in [3.05, 3.63) is 59.7 Å². The largest absolute Gasteiger partial charge is 0.573 e. The van der Waals surface area contributed by atoms with Crippen LogP contribution in [0.2, 0.25) is 0 Å². The number of hydrogen-bond acceptors (Lipinski definition) is 3.